The second-order valence-electron chi connectivity index (χ2n) is 4.83. The van der Waals surface area contributed by atoms with Crippen molar-refractivity contribution in [2.75, 3.05) is 26.9 Å². The maximum atomic E-state index is 10.9. The van der Waals surface area contributed by atoms with Crippen LogP contribution in [0.1, 0.15) is 11.1 Å². The lowest BCUT2D eigenvalue weighted by Crippen LogP contribution is -2.29. The molecular formula is C14H17NO4. The third-order valence-corrected chi connectivity index (χ3v) is 3.53. The summed E-state index contributed by atoms with van der Waals surface area (Å²) in [5, 5.41) is 0. The number of hydrogen-bond acceptors (Lipinski definition) is 4. The highest BCUT2D eigenvalue weighted by atomic mass is 16.6. The fourth-order valence-electron chi connectivity index (χ4n) is 2.37. The first kappa shape index (κ1) is 12.3. The Labute approximate surface area is 112 Å². The lowest BCUT2D eigenvalue weighted by atomic mass is 9.98. The van der Waals surface area contributed by atoms with Crippen LogP contribution in [0.2, 0.25) is 0 Å². The second-order valence-corrected chi connectivity index (χ2v) is 4.83. The lowest BCUT2D eigenvalue weighted by molar-refractivity contribution is -0.118. The summed E-state index contributed by atoms with van der Waals surface area (Å²) < 4.78 is 16.4. The predicted octanol–water partition coefficient (Wildman–Crippen LogP) is 0.987. The molecule has 2 aliphatic rings. The molecule has 0 spiro atoms. The van der Waals surface area contributed by atoms with Gasteiger partial charge in [-0.25, -0.2) is 0 Å². The van der Waals surface area contributed by atoms with Gasteiger partial charge in [-0.05, 0) is 18.1 Å². The summed E-state index contributed by atoms with van der Waals surface area (Å²) in [4.78, 5) is 12.6. The van der Waals surface area contributed by atoms with E-state index in [1.807, 2.05) is 12.1 Å². The molecule has 0 aliphatic carbocycles. The van der Waals surface area contributed by atoms with E-state index in [9.17, 15) is 4.79 Å². The van der Waals surface area contributed by atoms with E-state index in [-0.39, 0.29) is 6.10 Å². The van der Waals surface area contributed by atoms with E-state index in [2.05, 4.69) is 0 Å². The number of epoxide rings is 1. The van der Waals surface area contributed by atoms with Crippen molar-refractivity contribution in [3.8, 4) is 11.5 Å². The summed E-state index contributed by atoms with van der Waals surface area (Å²) >= 11 is 0. The molecule has 5 nitrogen and oxygen atoms in total. The van der Waals surface area contributed by atoms with Crippen molar-refractivity contribution in [3.05, 3.63) is 23.3 Å². The standard InChI is InChI=1S/C14H17NO4/c1-17-13-3-2-10-6-15(9-16)5-4-12(10)14(13)19-8-11-7-18-11/h2-3,9,11H,4-8H2,1H3. The van der Waals surface area contributed by atoms with Crippen molar-refractivity contribution in [2.45, 2.75) is 19.1 Å². The molecule has 5 heteroatoms. The van der Waals surface area contributed by atoms with Crippen LogP contribution < -0.4 is 9.47 Å². The van der Waals surface area contributed by atoms with Crippen molar-refractivity contribution >= 4 is 6.41 Å². The van der Waals surface area contributed by atoms with Gasteiger partial charge in [-0.3, -0.25) is 4.79 Å². The fraction of sp³-hybridized carbons (Fsp3) is 0.500. The van der Waals surface area contributed by atoms with E-state index in [1.54, 1.807) is 12.0 Å². The van der Waals surface area contributed by atoms with Crippen LogP contribution in [0.15, 0.2) is 12.1 Å². The molecule has 19 heavy (non-hydrogen) atoms. The third-order valence-electron chi connectivity index (χ3n) is 3.53. The van der Waals surface area contributed by atoms with E-state index < -0.39 is 0 Å². The molecule has 1 unspecified atom stereocenters. The summed E-state index contributed by atoms with van der Waals surface area (Å²) in [5.74, 6) is 1.56. The van der Waals surface area contributed by atoms with Crippen molar-refractivity contribution in [1.82, 2.24) is 4.90 Å². The zero-order chi connectivity index (χ0) is 13.2. The number of fused-ring (bicyclic) bond motifs is 1. The SMILES string of the molecule is COc1ccc2c(c1OCC1CO1)CCN(C=O)C2. The molecule has 0 N–H and O–H groups in total. The van der Waals surface area contributed by atoms with E-state index in [4.69, 9.17) is 14.2 Å². The molecule has 1 saturated heterocycles. The van der Waals surface area contributed by atoms with Crippen LogP contribution in [0.25, 0.3) is 0 Å². The summed E-state index contributed by atoms with van der Waals surface area (Å²) in [5.41, 5.74) is 2.28. The summed E-state index contributed by atoms with van der Waals surface area (Å²) in [6.07, 6.45) is 1.91. The zero-order valence-electron chi connectivity index (χ0n) is 10.9. The molecule has 0 bridgehead atoms. The lowest BCUT2D eigenvalue weighted by Gasteiger charge is -2.27. The van der Waals surface area contributed by atoms with E-state index in [0.717, 1.165) is 48.6 Å². The van der Waals surface area contributed by atoms with Gasteiger partial charge in [-0.2, -0.15) is 0 Å². The number of amides is 1. The summed E-state index contributed by atoms with van der Waals surface area (Å²) in [6.45, 7) is 2.69. The number of nitrogens with zero attached hydrogens (tertiary/aromatic N) is 1. The van der Waals surface area contributed by atoms with Gasteiger partial charge in [0, 0.05) is 18.7 Å². The number of carbonyl (C=O) groups excluding carboxylic acids is 1. The molecule has 3 rings (SSSR count). The van der Waals surface area contributed by atoms with Gasteiger partial charge >= 0.3 is 0 Å². The number of rotatable bonds is 5. The Kier molecular flexibility index (Phi) is 3.29. The zero-order valence-corrected chi connectivity index (χ0v) is 10.9. The van der Waals surface area contributed by atoms with Crippen molar-refractivity contribution in [2.24, 2.45) is 0 Å². The van der Waals surface area contributed by atoms with Gasteiger partial charge in [-0.15, -0.1) is 0 Å². The first-order valence-electron chi connectivity index (χ1n) is 6.44. The Bertz CT molecular complexity index is 485. The predicted molar refractivity (Wildman–Crippen MR) is 68.4 cm³/mol. The highest BCUT2D eigenvalue weighted by molar-refractivity contribution is 5.55. The Hall–Kier alpha value is -1.75. The Balaban J connectivity index is 1.87. The Morgan fingerprint density at radius 1 is 1.53 bits per heavy atom. The summed E-state index contributed by atoms with van der Waals surface area (Å²) in [6, 6.07) is 3.90. The van der Waals surface area contributed by atoms with Crippen molar-refractivity contribution < 1.29 is 19.0 Å². The number of ether oxygens (including phenoxy) is 3. The van der Waals surface area contributed by atoms with Crippen LogP contribution in [0, 0.1) is 0 Å². The van der Waals surface area contributed by atoms with Crippen LogP contribution in [-0.4, -0.2) is 44.3 Å². The maximum absolute atomic E-state index is 10.9. The fourth-order valence-corrected chi connectivity index (χ4v) is 2.37. The maximum Gasteiger partial charge on any atom is 0.210 e. The van der Waals surface area contributed by atoms with Crippen molar-refractivity contribution in [3.63, 3.8) is 0 Å². The molecule has 1 aromatic carbocycles. The molecule has 1 atom stereocenters. The molecule has 1 fully saturated rings. The van der Waals surface area contributed by atoms with E-state index >= 15 is 0 Å². The van der Waals surface area contributed by atoms with Gasteiger partial charge in [0.05, 0.1) is 13.7 Å². The normalized spacial score (nSPS) is 20.7. The topological polar surface area (TPSA) is 51.3 Å². The number of methoxy groups -OCH3 is 1. The molecule has 2 heterocycles. The second kappa shape index (κ2) is 5.09. The van der Waals surface area contributed by atoms with Crippen LogP contribution in [0.3, 0.4) is 0 Å². The van der Waals surface area contributed by atoms with Gasteiger partial charge in [-0.1, -0.05) is 6.07 Å². The molecular weight excluding hydrogens is 246 g/mol. The van der Waals surface area contributed by atoms with Gasteiger partial charge in [0.2, 0.25) is 6.41 Å². The highest BCUT2D eigenvalue weighted by Crippen LogP contribution is 2.36. The first-order valence-corrected chi connectivity index (χ1v) is 6.44. The number of carbonyl (C=O) groups is 1. The minimum atomic E-state index is 0.218. The molecule has 0 saturated carbocycles. The summed E-state index contributed by atoms with van der Waals surface area (Å²) in [7, 11) is 1.64. The van der Waals surface area contributed by atoms with Crippen LogP contribution in [-0.2, 0) is 22.5 Å². The quantitative estimate of drug-likeness (QED) is 0.587. The Morgan fingerprint density at radius 2 is 2.37 bits per heavy atom. The highest BCUT2D eigenvalue weighted by Gasteiger charge is 2.26. The average molecular weight is 263 g/mol. The number of hydrogen-bond donors (Lipinski definition) is 0. The molecule has 0 aromatic heterocycles. The van der Waals surface area contributed by atoms with E-state index in [0.29, 0.717) is 13.2 Å². The molecule has 102 valence electrons. The van der Waals surface area contributed by atoms with Gasteiger partial charge < -0.3 is 19.1 Å². The molecule has 2 aliphatic heterocycles. The number of benzene rings is 1. The van der Waals surface area contributed by atoms with E-state index in [1.165, 1.54) is 0 Å². The minimum Gasteiger partial charge on any atom is -0.493 e. The Morgan fingerprint density at radius 3 is 3.05 bits per heavy atom. The largest absolute Gasteiger partial charge is 0.493 e. The third kappa shape index (κ3) is 2.51. The first-order chi connectivity index (χ1) is 9.31. The average Bonchev–Trinajstić information content (AvgIpc) is 3.28. The van der Waals surface area contributed by atoms with Crippen LogP contribution >= 0.6 is 0 Å². The van der Waals surface area contributed by atoms with Gasteiger partial charge in [0.1, 0.15) is 12.7 Å². The molecule has 0 radical (unpaired) electrons. The monoisotopic (exact) mass is 263 g/mol. The van der Waals surface area contributed by atoms with Gasteiger partial charge in [0.25, 0.3) is 0 Å². The minimum absolute atomic E-state index is 0.218. The van der Waals surface area contributed by atoms with Crippen LogP contribution in [0.4, 0.5) is 0 Å². The molecule has 1 aromatic rings. The van der Waals surface area contributed by atoms with Crippen molar-refractivity contribution in [1.29, 1.82) is 0 Å². The molecule has 1 amide bonds. The smallest absolute Gasteiger partial charge is 0.210 e. The van der Waals surface area contributed by atoms with Crippen LogP contribution in [0.5, 0.6) is 11.5 Å². The van der Waals surface area contributed by atoms with Gasteiger partial charge in [0.15, 0.2) is 11.5 Å².